The van der Waals surface area contributed by atoms with Crippen molar-refractivity contribution in [3.05, 3.63) is 33.3 Å². The first-order valence-corrected chi connectivity index (χ1v) is 7.53. The average Bonchev–Trinajstić information content (AvgIpc) is 2.06. The zero-order valence-corrected chi connectivity index (χ0v) is 11.7. The van der Waals surface area contributed by atoms with Crippen molar-refractivity contribution >= 4 is 47.3 Å². The Labute approximate surface area is 113 Å². The van der Waals surface area contributed by atoms with E-state index in [0.717, 1.165) is 18.2 Å². The van der Waals surface area contributed by atoms with E-state index in [1.165, 1.54) is 0 Å². The molecule has 0 fully saturated rings. The molecule has 0 aliphatic carbocycles. The maximum absolute atomic E-state index is 12.6. The van der Waals surface area contributed by atoms with Crippen LogP contribution in [0.2, 0.25) is 5.02 Å². The lowest BCUT2D eigenvalue weighted by Crippen LogP contribution is -2.25. The summed E-state index contributed by atoms with van der Waals surface area (Å²) in [6, 6.07) is 3.09. The van der Waals surface area contributed by atoms with Gasteiger partial charge in [-0.1, -0.05) is 17.7 Å². The third kappa shape index (κ3) is 3.74. The van der Waals surface area contributed by atoms with E-state index in [9.17, 15) is 21.6 Å². The highest BCUT2D eigenvalue weighted by atomic mass is 79.9. The van der Waals surface area contributed by atoms with Crippen LogP contribution in [0.5, 0.6) is 0 Å². The number of halogens is 6. The SMILES string of the molecule is O=S(=O)(Cl)C(c1ccc(Cl)c(Br)c1)C(F)(F)F. The van der Waals surface area contributed by atoms with Crippen molar-refractivity contribution in [1.82, 2.24) is 0 Å². The van der Waals surface area contributed by atoms with Crippen LogP contribution < -0.4 is 0 Å². The van der Waals surface area contributed by atoms with Crippen LogP contribution in [0.4, 0.5) is 13.2 Å². The van der Waals surface area contributed by atoms with Gasteiger partial charge >= 0.3 is 6.18 Å². The highest BCUT2D eigenvalue weighted by molar-refractivity contribution is 9.10. The van der Waals surface area contributed by atoms with Gasteiger partial charge in [-0.15, -0.1) is 0 Å². The zero-order valence-electron chi connectivity index (χ0n) is 7.80. The monoisotopic (exact) mass is 370 g/mol. The molecule has 0 saturated carbocycles. The molecule has 0 saturated heterocycles. The summed E-state index contributed by atoms with van der Waals surface area (Å²) in [6.45, 7) is 0. The molecule has 1 atom stereocenters. The summed E-state index contributed by atoms with van der Waals surface area (Å²) >= 11 is 8.51. The van der Waals surface area contributed by atoms with Gasteiger partial charge in [0.15, 0.2) is 5.25 Å². The first-order chi connectivity index (χ1) is 7.53. The van der Waals surface area contributed by atoms with Gasteiger partial charge in [-0.3, -0.25) is 0 Å². The largest absolute Gasteiger partial charge is 0.410 e. The molecule has 0 aromatic heterocycles. The second kappa shape index (κ2) is 4.95. The quantitative estimate of drug-likeness (QED) is 0.727. The average molecular weight is 372 g/mol. The highest BCUT2D eigenvalue weighted by Gasteiger charge is 2.49. The van der Waals surface area contributed by atoms with Gasteiger partial charge in [-0.2, -0.15) is 13.2 Å². The Kier molecular flexibility index (Phi) is 4.39. The van der Waals surface area contributed by atoms with Crippen LogP contribution in [-0.2, 0) is 9.05 Å². The van der Waals surface area contributed by atoms with Gasteiger partial charge in [0.05, 0.1) is 5.02 Å². The molecule has 2 nitrogen and oxygen atoms in total. The van der Waals surface area contributed by atoms with Crippen LogP contribution in [0.3, 0.4) is 0 Å². The molecule has 1 aromatic rings. The fraction of sp³-hybridized carbons (Fsp3) is 0.250. The first kappa shape index (κ1) is 15.1. The minimum atomic E-state index is -4.99. The first-order valence-electron chi connectivity index (χ1n) is 3.98. The molecule has 1 rings (SSSR count). The minimum Gasteiger partial charge on any atom is -0.211 e. The minimum absolute atomic E-state index is 0.159. The summed E-state index contributed by atoms with van der Waals surface area (Å²) in [5, 5.41) is -2.60. The van der Waals surface area contributed by atoms with Gasteiger partial charge in [0.2, 0.25) is 9.05 Å². The van der Waals surface area contributed by atoms with Crippen molar-refractivity contribution in [1.29, 1.82) is 0 Å². The van der Waals surface area contributed by atoms with Crippen molar-refractivity contribution in [2.75, 3.05) is 0 Å². The van der Waals surface area contributed by atoms with Crippen LogP contribution in [-0.4, -0.2) is 14.6 Å². The maximum atomic E-state index is 12.6. The predicted molar refractivity (Wildman–Crippen MR) is 62.7 cm³/mol. The number of hydrogen-bond acceptors (Lipinski definition) is 2. The lowest BCUT2D eigenvalue weighted by molar-refractivity contribution is -0.131. The van der Waals surface area contributed by atoms with Gasteiger partial charge < -0.3 is 0 Å². The van der Waals surface area contributed by atoms with Gasteiger partial charge in [-0.25, -0.2) is 8.42 Å². The number of benzene rings is 1. The van der Waals surface area contributed by atoms with Gasteiger partial charge in [0.1, 0.15) is 0 Å². The van der Waals surface area contributed by atoms with Crippen molar-refractivity contribution < 1.29 is 21.6 Å². The molecule has 0 N–H and O–H groups in total. The molecule has 17 heavy (non-hydrogen) atoms. The van der Waals surface area contributed by atoms with Gasteiger partial charge in [0.25, 0.3) is 0 Å². The number of alkyl halides is 3. The standard InChI is InChI=1S/C8H4BrCl2F3O2S/c9-5-3-4(1-2-6(5)10)7(8(12,13)14)17(11,15)16/h1-3,7H. The van der Waals surface area contributed by atoms with Crippen LogP contribution in [0.15, 0.2) is 22.7 Å². The van der Waals surface area contributed by atoms with Crippen molar-refractivity contribution in [2.24, 2.45) is 0 Å². The summed E-state index contributed by atoms with van der Waals surface area (Å²) in [7, 11) is -0.00756. The molecular formula is C8H4BrCl2F3O2S. The van der Waals surface area contributed by atoms with Crippen molar-refractivity contribution in [3.8, 4) is 0 Å². The Hall–Kier alpha value is 0.0200. The molecule has 0 aliphatic heterocycles. The molecule has 1 unspecified atom stereocenters. The Bertz CT molecular complexity index is 530. The second-order valence-electron chi connectivity index (χ2n) is 3.07. The van der Waals surface area contributed by atoms with Crippen molar-refractivity contribution in [2.45, 2.75) is 11.4 Å². The third-order valence-electron chi connectivity index (χ3n) is 1.83. The smallest absolute Gasteiger partial charge is 0.211 e. The van der Waals surface area contributed by atoms with E-state index in [0.29, 0.717) is 0 Å². The lowest BCUT2D eigenvalue weighted by atomic mass is 10.1. The van der Waals surface area contributed by atoms with E-state index in [2.05, 4.69) is 15.9 Å². The van der Waals surface area contributed by atoms with E-state index in [1.807, 2.05) is 0 Å². The normalized spacial score (nSPS) is 14.7. The Morgan fingerprint density at radius 1 is 1.29 bits per heavy atom. The van der Waals surface area contributed by atoms with Crippen LogP contribution in [0, 0.1) is 0 Å². The molecule has 0 amide bonds. The molecule has 96 valence electrons. The molecule has 0 spiro atoms. The predicted octanol–water partition coefficient (Wildman–Crippen LogP) is 4.27. The Balaban J connectivity index is 3.39. The van der Waals surface area contributed by atoms with Crippen LogP contribution >= 0.6 is 38.2 Å². The maximum Gasteiger partial charge on any atom is 0.410 e. The second-order valence-corrected chi connectivity index (χ2v) is 7.05. The lowest BCUT2D eigenvalue weighted by Gasteiger charge is -2.17. The summed E-state index contributed by atoms with van der Waals surface area (Å²) in [5.74, 6) is 0. The van der Waals surface area contributed by atoms with E-state index in [1.54, 1.807) is 0 Å². The Morgan fingerprint density at radius 2 is 1.82 bits per heavy atom. The highest BCUT2D eigenvalue weighted by Crippen LogP contribution is 2.42. The van der Waals surface area contributed by atoms with E-state index < -0.39 is 26.0 Å². The van der Waals surface area contributed by atoms with Crippen LogP contribution in [0.25, 0.3) is 0 Å². The third-order valence-corrected chi connectivity index (χ3v) is 4.68. The van der Waals surface area contributed by atoms with E-state index in [4.69, 9.17) is 22.3 Å². The number of hydrogen-bond donors (Lipinski definition) is 0. The molecule has 1 aromatic carbocycles. The summed E-state index contributed by atoms with van der Waals surface area (Å²) in [4.78, 5) is 0. The zero-order chi connectivity index (χ0) is 13.4. The van der Waals surface area contributed by atoms with Gasteiger partial charge in [0, 0.05) is 15.2 Å². The fourth-order valence-electron chi connectivity index (χ4n) is 1.19. The Morgan fingerprint density at radius 3 is 2.18 bits per heavy atom. The fourth-order valence-corrected chi connectivity index (χ4v) is 3.10. The number of rotatable bonds is 2. The molecule has 0 heterocycles. The topological polar surface area (TPSA) is 34.1 Å². The molecule has 0 aliphatic rings. The molecule has 0 radical (unpaired) electrons. The van der Waals surface area contributed by atoms with E-state index in [-0.39, 0.29) is 9.50 Å². The summed E-state index contributed by atoms with van der Waals surface area (Å²) < 4.78 is 60.0. The van der Waals surface area contributed by atoms with E-state index >= 15 is 0 Å². The molecule has 0 bridgehead atoms. The van der Waals surface area contributed by atoms with Crippen molar-refractivity contribution in [3.63, 3.8) is 0 Å². The summed E-state index contributed by atoms with van der Waals surface area (Å²) in [6.07, 6.45) is -4.99. The molecular weight excluding hydrogens is 368 g/mol. The summed E-state index contributed by atoms with van der Waals surface area (Å²) in [5.41, 5.74) is -0.497. The van der Waals surface area contributed by atoms with Gasteiger partial charge in [-0.05, 0) is 33.6 Å². The van der Waals surface area contributed by atoms with Crippen LogP contribution in [0.1, 0.15) is 10.8 Å². The molecule has 9 heteroatoms.